The Balaban J connectivity index is 1.39. The van der Waals surface area contributed by atoms with Gasteiger partial charge in [0.2, 0.25) is 0 Å². The van der Waals surface area contributed by atoms with Gasteiger partial charge in [0, 0.05) is 50.7 Å². The summed E-state index contributed by atoms with van der Waals surface area (Å²) in [5, 5.41) is 3.30. The normalized spacial score (nSPS) is 25.0. The Morgan fingerprint density at radius 3 is 2.54 bits per heavy atom. The third-order valence-corrected chi connectivity index (χ3v) is 6.47. The van der Waals surface area contributed by atoms with Crippen molar-refractivity contribution in [3.63, 3.8) is 0 Å². The van der Waals surface area contributed by atoms with Crippen LogP contribution in [-0.2, 0) is 6.42 Å². The van der Waals surface area contributed by atoms with Gasteiger partial charge in [-0.15, -0.1) is 0 Å². The molecule has 0 amide bonds. The lowest BCUT2D eigenvalue weighted by molar-refractivity contribution is 0.109. The molecule has 1 aromatic rings. The van der Waals surface area contributed by atoms with Crippen LogP contribution in [0.2, 0.25) is 0 Å². The highest BCUT2D eigenvalue weighted by atomic mass is 15.3. The highest BCUT2D eigenvalue weighted by molar-refractivity contribution is 5.50. The first-order valence-corrected chi connectivity index (χ1v) is 9.74. The molecule has 2 fully saturated rings. The van der Waals surface area contributed by atoms with Crippen LogP contribution in [0.5, 0.6) is 0 Å². The van der Waals surface area contributed by atoms with Crippen LogP contribution in [0.4, 0.5) is 5.69 Å². The first kappa shape index (κ1) is 16.0. The SMILES string of the molecule is C=C(C1CCCC1)N1CCN(C2CCc3ccc(NC)cc32)CC1. The van der Waals surface area contributed by atoms with Crippen molar-refractivity contribution >= 4 is 5.69 Å². The molecule has 1 atom stereocenters. The molecule has 2 aliphatic carbocycles. The summed E-state index contributed by atoms with van der Waals surface area (Å²) < 4.78 is 0. The summed E-state index contributed by atoms with van der Waals surface area (Å²) in [6, 6.07) is 7.52. The van der Waals surface area contributed by atoms with Crippen LogP contribution in [0.3, 0.4) is 0 Å². The molecule has 1 N–H and O–H groups in total. The Morgan fingerprint density at radius 1 is 1.08 bits per heavy atom. The summed E-state index contributed by atoms with van der Waals surface area (Å²) >= 11 is 0. The number of aryl methyl sites for hydroxylation is 1. The molecule has 3 heteroatoms. The molecule has 0 spiro atoms. The van der Waals surface area contributed by atoms with E-state index in [9.17, 15) is 0 Å². The lowest BCUT2D eigenvalue weighted by Crippen LogP contribution is -2.47. The van der Waals surface area contributed by atoms with Crippen molar-refractivity contribution in [1.82, 2.24) is 9.80 Å². The minimum absolute atomic E-state index is 0.621. The summed E-state index contributed by atoms with van der Waals surface area (Å²) in [6.45, 7) is 9.12. The molecule has 3 aliphatic rings. The molecular weight excluding hydrogens is 294 g/mol. The molecule has 0 radical (unpaired) electrons. The zero-order valence-electron chi connectivity index (χ0n) is 15.1. The molecule has 130 valence electrons. The number of fused-ring (bicyclic) bond motifs is 1. The van der Waals surface area contributed by atoms with Crippen molar-refractivity contribution in [2.24, 2.45) is 5.92 Å². The molecule has 1 saturated heterocycles. The van der Waals surface area contributed by atoms with Crippen LogP contribution in [0.25, 0.3) is 0 Å². The van der Waals surface area contributed by atoms with Crippen molar-refractivity contribution in [1.29, 1.82) is 0 Å². The highest BCUT2D eigenvalue weighted by Gasteiger charge is 2.31. The molecule has 4 rings (SSSR count). The van der Waals surface area contributed by atoms with Gasteiger partial charge in [-0.3, -0.25) is 4.90 Å². The first-order chi connectivity index (χ1) is 11.8. The number of allylic oxidation sites excluding steroid dienone is 1. The van der Waals surface area contributed by atoms with Gasteiger partial charge < -0.3 is 10.2 Å². The number of piperazine rings is 1. The lowest BCUT2D eigenvalue weighted by Gasteiger charge is -2.41. The molecule has 1 unspecified atom stereocenters. The summed E-state index contributed by atoms with van der Waals surface area (Å²) in [5.41, 5.74) is 5.78. The topological polar surface area (TPSA) is 18.5 Å². The number of nitrogens with one attached hydrogen (secondary N) is 1. The second-order valence-corrected chi connectivity index (χ2v) is 7.71. The average Bonchev–Trinajstić information content (AvgIpc) is 3.30. The minimum atomic E-state index is 0.621. The molecule has 24 heavy (non-hydrogen) atoms. The quantitative estimate of drug-likeness (QED) is 0.901. The summed E-state index contributed by atoms with van der Waals surface area (Å²) in [7, 11) is 2.01. The van der Waals surface area contributed by atoms with Gasteiger partial charge in [-0.1, -0.05) is 25.5 Å². The fraction of sp³-hybridized carbons (Fsp3) is 0.619. The van der Waals surface area contributed by atoms with Gasteiger partial charge in [0.15, 0.2) is 0 Å². The molecule has 3 nitrogen and oxygen atoms in total. The second kappa shape index (κ2) is 6.79. The van der Waals surface area contributed by atoms with E-state index in [0.29, 0.717) is 6.04 Å². The van der Waals surface area contributed by atoms with Crippen molar-refractivity contribution < 1.29 is 0 Å². The van der Waals surface area contributed by atoms with Crippen molar-refractivity contribution in [2.75, 3.05) is 38.5 Å². The van der Waals surface area contributed by atoms with E-state index in [2.05, 4.69) is 39.9 Å². The van der Waals surface area contributed by atoms with Gasteiger partial charge in [0.1, 0.15) is 0 Å². The standard InChI is InChI=1S/C21H31N3/c1-16(17-5-3-4-6-17)23-11-13-24(14-12-23)21-10-8-18-7-9-19(22-2)15-20(18)21/h7,9,15,17,21-22H,1,3-6,8,10-14H2,2H3. The number of anilines is 1. The predicted molar refractivity (Wildman–Crippen MR) is 101 cm³/mol. The Hall–Kier alpha value is -1.48. The Labute approximate surface area is 146 Å². The minimum Gasteiger partial charge on any atom is -0.388 e. The van der Waals surface area contributed by atoms with Crippen molar-refractivity contribution in [3.8, 4) is 0 Å². The fourth-order valence-electron chi connectivity index (χ4n) is 4.95. The van der Waals surface area contributed by atoms with E-state index in [-0.39, 0.29) is 0 Å². The van der Waals surface area contributed by atoms with Crippen LogP contribution in [0.1, 0.15) is 49.3 Å². The van der Waals surface area contributed by atoms with Gasteiger partial charge in [-0.05, 0) is 54.9 Å². The monoisotopic (exact) mass is 325 g/mol. The number of hydrogen-bond acceptors (Lipinski definition) is 3. The predicted octanol–water partition coefficient (Wildman–Crippen LogP) is 4.04. The molecule has 1 saturated carbocycles. The van der Waals surface area contributed by atoms with Gasteiger partial charge in [-0.2, -0.15) is 0 Å². The molecule has 1 aliphatic heterocycles. The third kappa shape index (κ3) is 2.95. The number of nitrogens with zero attached hydrogens (tertiary/aromatic N) is 2. The first-order valence-electron chi connectivity index (χ1n) is 9.74. The van der Waals surface area contributed by atoms with Crippen LogP contribution < -0.4 is 5.32 Å². The maximum Gasteiger partial charge on any atom is 0.0356 e. The molecule has 1 aromatic carbocycles. The van der Waals surface area contributed by atoms with E-state index in [4.69, 9.17) is 0 Å². The highest BCUT2D eigenvalue weighted by Crippen LogP contribution is 2.38. The molecule has 1 heterocycles. The van der Waals surface area contributed by atoms with E-state index < -0.39 is 0 Å². The number of hydrogen-bond donors (Lipinski definition) is 1. The lowest BCUT2D eigenvalue weighted by atomic mass is 10.0. The van der Waals surface area contributed by atoms with Gasteiger partial charge in [0.05, 0.1) is 0 Å². The Bertz CT molecular complexity index is 595. The van der Waals surface area contributed by atoms with E-state index in [1.54, 1.807) is 11.1 Å². The fourth-order valence-corrected chi connectivity index (χ4v) is 4.95. The summed E-state index contributed by atoms with van der Waals surface area (Å²) in [4.78, 5) is 5.29. The molecule has 0 aromatic heterocycles. The number of rotatable bonds is 4. The Morgan fingerprint density at radius 2 is 1.83 bits per heavy atom. The van der Waals surface area contributed by atoms with Crippen LogP contribution >= 0.6 is 0 Å². The third-order valence-electron chi connectivity index (χ3n) is 6.47. The zero-order chi connectivity index (χ0) is 16.5. The zero-order valence-corrected chi connectivity index (χ0v) is 15.1. The maximum atomic E-state index is 4.44. The van der Waals surface area contributed by atoms with Crippen LogP contribution in [0.15, 0.2) is 30.5 Å². The average molecular weight is 326 g/mol. The number of benzene rings is 1. The van der Waals surface area contributed by atoms with Crippen molar-refractivity contribution in [3.05, 3.63) is 41.6 Å². The van der Waals surface area contributed by atoms with Crippen LogP contribution in [0, 0.1) is 5.92 Å². The van der Waals surface area contributed by atoms with Gasteiger partial charge in [-0.25, -0.2) is 0 Å². The summed E-state index contributed by atoms with van der Waals surface area (Å²) in [5.74, 6) is 0.766. The maximum absolute atomic E-state index is 4.44. The van der Waals surface area contributed by atoms with E-state index in [1.807, 2.05) is 7.05 Å². The largest absolute Gasteiger partial charge is 0.388 e. The van der Waals surface area contributed by atoms with E-state index in [0.717, 1.165) is 19.0 Å². The van der Waals surface area contributed by atoms with Gasteiger partial charge in [0.25, 0.3) is 0 Å². The molecule has 0 bridgehead atoms. The van der Waals surface area contributed by atoms with Crippen LogP contribution in [-0.4, -0.2) is 43.0 Å². The van der Waals surface area contributed by atoms with E-state index in [1.165, 1.54) is 63.0 Å². The smallest absolute Gasteiger partial charge is 0.0356 e. The van der Waals surface area contributed by atoms with Gasteiger partial charge >= 0.3 is 0 Å². The van der Waals surface area contributed by atoms with Crippen molar-refractivity contribution in [2.45, 2.75) is 44.6 Å². The molecular formula is C21H31N3. The Kier molecular flexibility index (Phi) is 4.53. The summed E-state index contributed by atoms with van der Waals surface area (Å²) in [6.07, 6.45) is 8.04. The van der Waals surface area contributed by atoms with E-state index >= 15 is 0 Å². The second-order valence-electron chi connectivity index (χ2n) is 7.71.